The van der Waals surface area contributed by atoms with E-state index >= 15 is 0 Å². The van der Waals surface area contributed by atoms with Crippen molar-refractivity contribution in [2.45, 2.75) is 79.3 Å². The van der Waals surface area contributed by atoms with Crippen LogP contribution in [-0.2, 0) is 13.6 Å². The van der Waals surface area contributed by atoms with Gasteiger partial charge in [0.15, 0.2) is 0 Å². The third-order valence-electron chi connectivity index (χ3n) is 7.51. The van der Waals surface area contributed by atoms with Crippen LogP contribution in [0.3, 0.4) is 0 Å². The lowest BCUT2D eigenvalue weighted by Gasteiger charge is -2.35. The van der Waals surface area contributed by atoms with Gasteiger partial charge in [0.05, 0.1) is 18.5 Å². The van der Waals surface area contributed by atoms with Crippen LogP contribution in [0, 0.1) is 10.8 Å². The van der Waals surface area contributed by atoms with Gasteiger partial charge in [0.2, 0.25) is 0 Å². The van der Waals surface area contributed by atoms with Crippen molar-refractivity contribution >= 4 is 12.9 Å². The molecule has 0 saturated carbocycles. The maximum Gasteiger partial charge on any atom is 0.361 e. The van der Waals surface area contributed by atoms with E-state index in [0.717, 1.165) is 39.5 Å². The average Bonchev–Trinajstić information content (AvgIpc) is 3.52. The number of rotatable bonds is 13. The molecule has 8 heteroatoms. The monoisotopic (exact) mass is 522 g/mol. The molecule has 36 heavy (non-hydrogen) atoms. The smallest absolute Gasteiger partial charge is 0.304 e. The summed E-state index contributed by atoms with van der Waals surface area (Å²) < 4.78 is 26.8. The summed E-state index contributed by atoms with van der Waals surface area (Å²) in [6, 6.07) is 9.53. The topological polar surface area (TPSA) is 66.1 Å². The molecule has 0 aromatic heterocycles. The Morgan fingerprint density at radius 1 is 0.750 bits per heavy atom. The van der Waals surface area contributed by atoms with Crippen LogP contribution in [0.15, 0.2) is 30.3 Å². The predicted octanol–water partition coefficient (Wildman–Crippen LogP) is 4.65. The molecule has 0 radical (unpaired) electrons. The van der Waals surface area contributed by atoms with Gasteiger partial charge < -0.3 is 9.05 Å². The Morgan fingerprint density at radius 2 is 1.14 bits per heavy atom. The van der Waals surface area contributed by atoms with Crippen molar-refractivity contribution in [3.8, 4) is 0 Å². The second-order valence-electron chi connectivity index (χ2n) is 12.6. The fourth-order valence-electron chi connectivity index (χ4n) is 4.73. The Hall–Kier alpha value is -0.790. The fraction of sp³-hybridized carbons (Fsp3) is 0.786. The molecular weight excluding hydrogens is 471 g/mol. The molecule has 1 aromatic rings. The van der Waals surface area contributed by atoms with Crippen molar-refractivity contribution in [3.63, 3.8) is 0 Å². The van der Waals surface area contributed by atoms with Crippen LogP contribution in [0.2, 0.25) is 0 Å². The van der Waals surface area contributed by atoms with Crippen LogP contribution in [0.4, 0.5) is 0 Å². The Morgan fingerprint density at radius 3 is 1.50 bits per heavy atom. The maximum absolute atomic E-state index is 14.3. The molecule has 0 aliphatic carbocycles. The molecular formula is C28H51N4O3P. The molecule has 7 nitrogen and oxygen atoms in total. The minimum absolute atomic E-state index is 0.0467. The molecule has 206 valence electrons. The van der Waals surface area contributed by atoms with Gasteiger partial charge in [-0.25, -0.2) is 0 Å². The number of hydrogen-bond acceptors (Lipinski definition) is 7. The minimum Gasteiger partial charge on any atom is -0.304 e. The summed E-state index contributed by atoms with van der Waals surface area (Å²) in [4.78, 5) is 4.87. The van der Waals surface area contributed by atoms with E-state index in [0.29, 0.717) is 18.5 Å². The summed E-state index contributed by atoms with van der Waals surface area (Å²) in [5.74, 6) is 0. The van der Waals surface area contributed by atoms with Crippen LogP contribution < -0.4 is 15.9 Å². The molecule has 0 amide bonds. The molecule has 1 aromatic carbocycles. The van der Waals surface area contributed by atoms with E-state index in [1.165, 1.54) is 25.7 Å². The van der Waals surface area contributed by atoms with E-state index in [-0.39, 0.29) is 22.9 Å². The zero-order chi connectivity index (χ0) is 26.2. The van der Waals surface area contributed by atoms with Crippen molar-refractivity contribution < 1.29 is 13.6 Å². The van der Waals surface area contributed by atoms with E-state index in [1.54, 1.807) is 0 Å². The minimum atomic E-state index is -3.52. The highest BCUT2D eigenvalue weighted by Crippen LogP contribution is 2.48. The van der Waals surface area contributed by atoms with E-state index in [2.05, 4.69) is 62.0 Å². The summed E-state index contributed by atoms with van der Waals surface area (Å²) >= 11 is 0. The Balaban J connectivity index is 1.68. The third kappa shape index (κ3) is 9.20. The molecule has 2 N–H and O–H groups in total. The van der Waals surface area contributed by atoms with E-state index in [1.807, 2.05) is 30.3 Å². The first-order valence-corrected chi connectivity index (χ1v) is 15.4. The van der Waals surface area contributed by atoms with Crippen molar-refractivity contribution in [2.75, 3.05) is 52.7 Å². The van der Waals surface area contributed by atoms with Crippen molar-refractivity contribution in [1.29, 1.82) is 0 Å². The summed E-state index contributed by atoms with van der Waals surface area (Å²) in [6.07, 6.45) is 5.04. The lowest BCUT2D eigenvalue weighted by molar-refractivity contribution is 0.112. The molecule has 2 atom stereocenters. The van der Waals surface area contributed by atoms with Gasteiger partial charge in [0, 0.05) is 25.4 Å². The Kier molecular flexibility index (Phi) is 11.0. The van der Waals surface area contributed by atoms with Crippen molar-refractivity contribution in [3.05, 3.63) is 30.3 Å². The van der Waals surface area contributed by atoms with Crippen molar-refractivity contribution in [1.82, 2.24) is 20.4 Å². The first-order valence-electron chi connectivity index (χ1n) is 13.8. The summed E-state index contributed by atoms with van der Waals surface area (Å²) in [6.45, 7) is 20.0. The first kappa shape index (κ1) is 29.8. The van der Waals surface area contributed by atoms with Crippen LogP contribution in [0.1, 0.15) is 67.2 Å². The van der Waals surface area contributed by atoms with Gasteiger partial charge in [0.1, 0.15) is 0 Å². The zero-order valence-electron chi connectivity index (χ0n) is 23.6. The molecule has 2 saturated heterocycles. The Labute approximate surface area is 220 Å². The Bertz CT molecular complexity index is 766. The van der Waals surface area contributed by atoms with Gasteiger partial charge in [-0.15, -0.1) is 0 Å². The summed E-state index contributed by atoms with van der Waals surface area (Å²) in [7, 11) is -3.52. The van der Waals surface area contributed by atoms with Crippen LogP contribution >= 0.6 is 7.60 Å². The highest BCUT2D eigenvalue weighted by Gasteiger charge is 2.35. The fourth-order valence-corrected chi connectivity index (χ4v) is 6.33. The lowest BCUT2D eigenvalue weighted by atomic mass is 9.87. The van der Waals surface area contributed by atoms with Crippen molar-refractivity contribution in [2.24, 2.45) is 10.8 Å². The average molecular weight is 523 g/mol. The van der Waals surface area contributed by atoms with E-state index in [9.17, 15) is 4.57 Å². The maximum atomic E-state index is 14.3. The molecule has 2 heterocycles. The zero-order valence-corrected chi connectivity index (χ0v) is 24.5. The highest BCUT2D eigenvalue weighted by molar-refractivity contribution is 7.62. The van der Waals surface area contributed by atoms with Crippen LogP contribution in [-0.4, -0.2) is 74.6 Å². The second kappa shape index (κ2) is 13.3. The largest absolute Gasteiger partial charge is 0.361 e. The normalized spacial score (nSPS) is 20.2. The highest BCUT2D eigenvalue weighted by atomic mass is 31.2. The van der Waals surface area contributed by atoms with Gasteiger partial charge in [-0.1, -0.05) is 59.7 Å². The quantitative estimate of drug-likeness (QED) is 0.366. The second-order valence-corrected chi connectivity index (χ2v) is 14.7. The molecule has 3 rings (SSSR count). The predicted molar refractivity (Wildman–Crippen MR) is 150 cm³/mol. The summed E-state index contributed by atoms with van der Waals surface area (Å²) in [5, 5.41) is 7.96. The van der Waals surface area contributed by atoms with Gasteiger partial charge in [0.25, 0.3) is 0 Å². The van der Waals surface area contributed by atoms with Gasteiger partial charge in [-0.2, -0.15) is 0 Å². The van der Waals surface area contributed by atoms with Gasteiger partial charge in [-0.3, -0.25) is 25.0 Å². The lowest BCUT2D eigenvalue weighted by Crippen LogP contribution is -2.48. The number of nitrogens with zero attached hydrogens (tertiary/aromatic N) is 2. The number of benzene rings is 1. The standard InChI is InChI=1S/C28H51N4O3P/c1-27(2,3)25(29-22-31-16-10-11-17-31)20-34-36(33,24-14-8-7-9-15-24)35-21-26(28(4,5)6)30-23-32-18-12-13-19-32/h7-9,14-15,25-26,29-30H,10-13,16-23H2,1-6H3/t25-,26-/m1/s1. The molecule has 0 unspecified atom stereocenters. The number of hydrogen-bond donors (Lipinski definition) is 2. The molecule has 0 spiro atoms. The van der Waals surface area contributed by atoms with E-state index in [4.69, 9.17) is 9.05 Å². The van der Waals surface area contributed by atoms with Crippen LogP contribution in [0.5, 0.6) is 0 Å². The van der Waals surface area contributed by atoms with Gasteiger partial charge >= 0.3 is 7.60 Å². The first-order chi connectivity index (χ1) is 17.0. The summed E-state index contributed by atoms with van der Waals surface area (Å²) in [5.41, 5.74) is -0.0983. The van der Waals surface area contributed by atoms with E-state index < -0.39 is 7.60 Å². The number of nitrogens with one attached hydrogen (secondary N) is 2. The van der Waals surface area contributed by atoms with Gasteiger partial charge in [-0.05, 0) is 74.8 Å². The molecule has 2 aliphatic heterocycles. The molecule has 0 bridgehead atoms. The SMILES string of the molecule is CC(C)(C)[C@@H](COP(=O)(OC[C@@H](NCN1CCCC1)C(C)(C)C)c1ccccc1)NCN1CCCC1. The number of likely N-dealkylation sites (tertiary alicyclic amines) is 2. The molecule has 2 aliphatic rings. The molecule has 2 fully saturated rings. The third-order valence-corrected chi connectivity index (χ3v) is 9.41. The van der Waals surface area contributed by atoms with Crippen LogP contribution in [0.25, 0.3) is 0 Å².